The highest BCUT2D eigenvalue weighted by atomic mass is 19.4. The first-order valence-corrected chi connectivity index (χ1v) is 8.14. The van der Waals surface area contributed by atoms with E-state index in [0.29, 0.717) is 11.3 Å². The number of hydrogen-bond donors (Lipinski definition) is 0. The van der Waals surface area contributed by atoms with Crippen LogP contribution < -0.4 is 4.74 Å². The Morgan fingerprint density at radius 2 is 1.68 bits per heavy atom. The average molecular weight is 392 g/mol. The van der Waals surface area contributed by atoms with Gasteiger partial charge >= 0.3 is 12.1 Å². The molecule has 3 rings (SSSR count). The molecule has 1 aromatic heterocycles. The lowest BCUT2D eigenvalue weighted by Gasteiger charge is -2.10. The molecule has 0 saturated carbocycles. The Morgan fingerprint density at radius 1 is 1.04 bits per heavy atom. The first kappa shape index (κ1) is 19.4. The van der Waals surface area contributed by atoms with Crippen molar-refractivity contribution in [2.45, 2.75) is 19.2 Å². The van der Waals surface area contributed by atoms with Crippen LogP contribution in [0.1, 0.15) is 34.8 Å². The minimum atomic E-state index is -4.47. The topological polar surface area (TPSA) is 74.5 Å². The molecule has 3 aromatic rings. The Balaban J connectivity index is 1.68. The van der Waals surface area contributed by atoms with Crippen LogP contribution >= 0.6 is 0 Å². The predicted molar refractivity (Wildman–Crippen MR) is 91.6 cm³/mol. The number of methoxy groups -OCH3 is 1. The van der Waals surface area contributed by atoms with Crippen LogP contribution in [-0.4, -0.2) is 23.3 Å². The number of nitrogens with zero attached hydrogens (tertiary/aromatic N) is 2. The maximum absolute atomic E-state index is 12.6. The molecule has 0 N–H and O–H groups in total. The molecule has 0 amide bonds. The summed E-state index contributed by atoms with van der Waals surface area (Å²) in [6.45, 7) is 1.52. The second kappa shape index (κ2) is 7.71. The number of carbonyl (C=O) groups is 1. The molecular weight excluding hydrogens is 377 g/mol. The van der Waals surface area contributed by atoms with Gasteiger partial charge in [-0.1, -0.05) is 0 Å². The van der Waals surface area contributed by atoms with E-state index in [9.17, 15) is 18.0 Å². The quantitative estimate of drug-likeness (QED) is 0.587. The van der Waals surface area contributed by atoms with Crippen LogP contribution in [-0.2, 0) is 10.9 Å². The maximum Gasteiger partial charge on any atom is 0.416 e. The maximum atomic E-state index is 12.6. The smallest absolute Gasteiger partial charge is 0.416 e. The van der Waals surface area contributed by atoms with Crippen LogP contribution in [0, 0.1) is 0 Å². The molecule has 0 aliphatic rings. The lowest BCUT2D eigenvalue weighted by Crippen LogP contribution is -2.11. The summed E-state index contributed by atoms with van der Waals surface area (Å²) in [7, 11) is 1.55. The van der Waals surface area contributed by atoms with E-state index in [1.165, 1.54) is 6.92 Å². The zero-order valence-corrected chi connectivity index (χ0v) is 14.9. The van der Waals surface area contributed by atoms with Gasteiger partial charge in [0.2, 0.25) is 5.89 Å². The van der Waals surface area contributed by atoms with E-state index in [1.54, 1.807) is 31.4 Å². The van der Waals surface area contributed by atoms with E-state index >= 15 is 0 Å². The molecule has 0 radical (unpaired) electrons. The lowest BCUT2D eigenvalue weighted by molar-refractivity contribution is -0.137. The summed E-state index contributed by atoms with van der Waals surface area (Å²) in [4.78, 5) is 12.1. The normalized spacial score (nSPS) is 12.5. The van der Waals surface area contributed by atoms with Crippen molar-refractivity contribution in [2.24, 2.45) is 0 Å². The molecule has 6 nitrogen and oxygen atoms in total. The largest absolute Gasteiger partial charge is 0.497 e. The third kappa shape index (κ3) is 4.30. The Labute approximate surface area is 157 Å². The second-order valence-electron chi connectivity index (χ2n) is 5.80. The summed E-state index contributed by atoms with van der Waals surface area (Å²) in [5.74, 6) is 0.161. The molecule has 2 aromatic carbocycles. The molecule has 0 fully saturated rings. The van der Waals surface area contributed by atoms with Crippen molar-refractivity contribution in [3.05, 3.63) is 65.5 Å². The number of alkyl halides is 3. The van der Waals surface area contributed by atoms with Crippen molar-refractivity contribution < 1.29 is 31.9 Å². The van der Waals surface area contributed by atoms with Gasteiger partial charge in [0, 0.05) is 5.56 Å². The number of halogens is 3. The van der Waals surface area contributed by atoms with Gasteiger partial charge in [0.25, 0.3) is 5.89 Å². The van der Waals surface area contributed by atoms with E-state index in [-0.39, 0.29) is 17.3 Å². The van der Waals surface area contributed by atoms with Crippen LogP contribution in [0.3, 0.4) is 0 Å². The van der Waals surface area contributed by atoms with Crippen LogP contribution in [0.25, 0.3) is 11.5 Å². The van der Waals surface area contributed by atoms with Crippen molar-refractivity contribution in [2.75, 3.05) is 7.11 Å². The fourth-order valence-corrected chi connectivity index (χ4v) is 2.32. The van der Waals surface area contributed by atoms with Gasteiger partial charge in [-0.2, -0.15) is 13.2 Å². The number of aromatic nitrogens is 2. The minimum Gasteiger partial charge on any atom is -0.497 e. The van der Waals surface area contributed by atoms with Gasteiger partial charge in [0.15, 0.2) is 6.10 Å². The van der Waals surface area contributed by atoms with Gasteiger partial charge in [-0.15, -0.1) is 10.2 Å². The van der Waals surface area contributed by atoms with Gasteiger partial charge in [0.05, 0.1) is 18.2 Å². The summed E-state index contributed by atoms with van der Waals surface area (Å²) in [6.07, 6.45) is -5.36. The molecule has 0 unspecified atom stereocenters. The number of esters is 1. The number of benzene rings is 2. The van der Waals surface area contributed by atoms with Gasteiger partial charge in [-0.25, -0.2) is 4.79 Å². The molecule has 1 heterocycles. The monoisotopic (exact) mass is 392 g/mol. The molecule has 0 aliphatic carbocycles. The molecule has 28 heavy (non-hydrogen) atoms. The lowest BCUT2D eigenvalue weighted by atomic mass is 10.1. The number of rotatable bonds is 5. The van der Waals surface area contributed by atoms with Crippen molar-refractivity contribution in [3.63, 3.8) is 0 Å². The van der Waals surface area contributed by atoms with Gasteiger partial charge < -0.3 is 13.9 Å². The zero-order valence-electron chi connectivity index (χ0n) is 14.9. The summed E-state index contributed by atoms with van der Waals surface area (Å²) in [6, 6.07) is 10.7. The number of hydrogen-bond acceptors (Lipinski definition) is 6. The van der Waals surface area contributed by atoms with E-state index < -0.39 is 23.8 Å². The highest BCUT2D eigenvalue weighted by Gasteiger charge is 2.30. The molecule has 0 bridgehead atoms. The summed E-state index contributed by atoms with van der Waals surface area (Å²) >= 11 is 0. The molecule has 9 heteroatoms. The summed E-state index contributed by atoms with van der Waals surface area (Å²) in [5, 5.41) is 7.76. The number of ether oxygens (including phenoxy) is 2. The van der Waals surface area contributed by atoms with Crippen molar-refractivity contribution >= 4 is 5.97 Å². The molecule has 0 aliphatic heterocycles. The molecule has 1 atom stereocenters. The Hall–Kier alpha value is -3.36. The van der Waals surface area contributed by atoms with Crippen LogP contribution in [0.5, 0.6) is 5.75 Å². The van der Waals surface area contributed by atoms with Crippen LogP contribution in [0.2, 0.25) is 0 Å². The average Bonchev–Trinajstić information content (AvgIpc) is 3.18. The van der Waals surface area contributed by atoms with Crippen LogP contribution in [0.15, 0.2) is 52.9 Å². The molecule has 0 spiro atoms. The Morgan fingerprint density at radius 3 is 2.25 bits per heavy atom. The van der Waals surface area contributed by atoms with E-state index in [1.807, 2.05) is 0 Å². The van der Waals surface area contributed by atoms with Crippen molar-refractivity contribution in [1.29, 1.82) is 0 Å². The van der Waals surface area contributed by atoms with Crippen molar-refractivity contribution in [3.8, 4) is 17.2 Å². The summed E-state index contributed by atoms with van der Waals surface area (Å²) < 4.78 is 53.5. The second-order valence-corrected chi connectivity index (χ2v) is 5.80. The van der Waals surface area contributed by atoms with E-state index in [2.05, 4.69) is 10.2 Å². The summed E-state index contributed by atoms with van der Waals surface area (Å²) in [5.41, 5.74) is -0.214. The standard InChI is InChI=1S/C19H15F3N2O4/c1-11(27-18(25)13-3-7-14(8-4-13)19(20,21)22)16-23-24-17(28-16)12-5-9-15(26-2)10-6-12/h3-11H,1-2H3/t11-/m1/s1. The van der Waals surface area contributed by atoms with Crippen LogP contribution in [0.4, 0.5) is 13.2 Å². The fourth-order valence-electron chi connectivity index (χ4n) is 2.32. The molecule has 146 valence electrons. The SMILES string of the molecule is COc1ccc(-c2nnc([C@@H](C)OC(=O)c3ccc(C(F)(F)F)cc3)o2)cc1. The first-order chi connectivity index (χ1) is 13.3. The van der Waals surface area contributed by atoms with E-state index in [4.69, 9.17) is 13.9 Å². The predicted octanol–water partition coefficient (Wildman–Crippen LogP) is 4.68. The Bertz CT molecular complexity index is 951. The minimum absolute atomic E-state index is 0.0188. The van der Waals surface area contributed by atoms with Gasteiger partial charge in [0.1, 0.15) is 5.75 Å². The first-order valence-electron chi connectivity index (χ1n) is 8.14. The van der Waals surface area contributed by atoms with Crippen molar-refractivity contribution in [1.82, 2.24) is 10.2 Å². The highest BCUT2D eigenvalue weighted by molar-refractivity contribution is 5.89. The van der Waals surface area contributed by atoms with Gasteiger partial charge in [-0.3, -0.25) is 0 Å². The zero-order chi connectivity index (χ0) is 20.3. The van der Waals surface area contributed by atoms with E-state index in [0.717, 1.165) is 24.3 Å². The fraction of sp³-hybridized carbons (Fsp3) is 0.211. The third-order valence-electron chi connectivity index (χ3n) is 3.86. The number of carbonyl (C=O) groups excluding carboxylic acids is 1. The van der Waals surface area contributed by atoms with Gasteiger partial charge in [-0.05, 0) is 55.5 Å². The third-order valence-corrected chi connectivity index (χ3v) is 3.86. The molecule has 0 saturated heterocycles. The Kier molecular flexibility index (Phi) is 5.34. The highest BCUT2D eigenvalue weighted by Crippen LogP contribution is 2.29. The molecular formula is C19H15F3N2O4.